The highest BCUT2D eigenvalue weighted by atomic mass is 19.4. The SMILES string of the molecule is O=C(Cc1ccccc1C(F)(F)F)NC1(c2ncc[nH]2)CCOC1. The number of carbonyl (C=O) groups is 1. The van der Waals surface area contributed by atoms with Gasteiger partial charge in [0.05, 0.1) is 18.6 Å². The van der Waals surface area contributed by atoms with Crippen LogP contribution in [0.2, 0.25) is 0 Å². The molecule has 2 N–H and O–H groups in total. The van der Waals surface area contributed by atoms with E-state index in [-0.39, 0.29) is 18.6 Å². The molecule has 0 aliphatic carbocycles. The second-order valence-corrected chi connectivity index (χ2v) is 5.70. The van der Waals surface area contributed by atoms with Crippen LogP contribution >= 0.6 is 0 Å². The van der Waals surface area contributed by atoms with Gasteiger partial charge in [0.1, 0.15) is 11.4 Å². The van der Waals surface area contributed by atoms with Gasteiger partial charge in [0.25, 0.3) is 0 Å². The number of nitrogens with one attached hydrogen (secondary N) is 2. The summed E-state index contributed by atoms with van der Waals surface area (Å²) < 4.78 is 44.5. The standard InChI is InChI=1S/C16H16F3N3O2/c17-16(18,19)12-4-2-1-3-11(12)9-13(23)22-15(5-8-24-10-15)14-20-6-7-21-14/h1-4,6-7H,5,8-10H2,(H,20,21)(H,22,23). The topological polar surface area (TPSA) is 67.0 Å². The number of alkyl halides is 3. The van der Waals surface area contributed by atoms with Gasteiger partial charge < -0.3 is 15.0 Å². The number of nitrogens with zero attached hydrogens (tertiary/aromatic N) is 1. The van der Waals surface area contributed by atoms with Crippen molar-refractivity contribution in [2.24, 2.45) is 0 Å². The first-order chi connectivity index (χ1) is 11.4. The number of hydrogen-bond acceptors (Lipinski definition) is 3. The number of amides is 1. The maximum atomic E-state index is 13.0. The van der Waals surface area contributed by atoms with E-state index in [2.05, 4.69) is 15.3 Å². The van der Waals surface area contributed by atoms with Crippen LogP contribution in [-0.2, 0) is 27.7 Å². The lowest BCUT2D eigenvalue weighted by atomic mass is 9.96. The zero-order chi connectivity index (χ0) is 17.2. The average Bonchev–Trinajstić information content (AvgIpc) is 3.18. The van der Waals surface area contributed by atoms with Gasteiger partial charge in [-0.25, -0.2) is 4.98 Å². The van der Waals surface area contributed by atoms with E-state index in [4.69, 9.17) is 4.74 Å². The molecule has 0 saturated carbocycles. The fourth-order valence-electron chi connectivity index (χ4n) is 2.87. The van der Waals surface area contributed by atoms with Crippen molar-refractivity contribution in [2.75, 3.05) is 13.2 Å². The summed E-state index contributed by atoms with van der Waals surface area (Å²) in [6.45, 7) is 0.674. The number of halogens is 3. The minimum absolute atomic E-state index is 0.0592. The lowest BCUT2D eigenvalue weighted by Gasteiger charge is -2.27. The highest BCUT2D eigenvalue weighted by molar-refractivity contribution is 5.80. The van der Waals surface area contributed by atoms with Crippen molar-refractivity contribution in [3.63, 3.8) is 0 Å². The summed E-state index contributed by atoms with van der Waals surface area (Å²) in [6.07, 6.45) is -1.17. The van der Waals surface area contributed by atoms with Crippen LogP contribution in [0.4, 0.5) is 13.2 Å². The molecule has 1 aromatic heterocycles. The molecular weight excluding hydrogens is 323 g/mol. The summed E-state index contributed by atoms with van der Waals surface area (Å²) in [7, 11) is 0. The number of aromatic amines is 1. The zero-order valence-corrected chi connectivity index (χ0v) is 12.7. The Balaban J connectivity index is 1.79. The van der Waals surface area contributed by atoms with Crippen molar-refractivity contribution < 1.29 is 22.7 Å². The average molecular weight is 339 g/mol. The predicted octanol–water partition coefficient (Wildman–Crippen LogP) is 2.40. The van der Waals surface area contributed by atoms with Crippen LogP contribution in [-0.4, -0.2) is 29.1 Å². The Morgan fingerprint density at radius 2 is 2.17 bits per heavy atom. The van der Waals surface area contributed by atoms with Gasteiger partial charge in [-0.2, -0.15) is 13.2 Å². The van der Waals surface area contributed by atoms with Crippen LogP contribution in [0.5, 0.6) is 0 Å². The maximum Gasteiger partial charge on any atom is 0.416 e. The number of H-pyrrole nitrogens is 1. The number of rotatable bonds is 4. The molecule has 1 unspecified atom stereocenters. The van der Waals surface area contributed by atoms with Gasteiger partial charge in [0, 0.05) is 25.4 Å². The normalized spacial score (nSPS) is 21.0. The number of aromatic nitrogens is 2. The molecular formula is C16H16F3N3O2. The van der Waals surface area contributed by atoms with Crippen LogP contribution in [0.1, 0.15) is 23.4 Å². The number of hydrogen-bond donors (Lipinski definition) is 2. The molecule has 24 heavy (non-hydrogen) atoms. The summed E-state index contributed by atoms with van der Waals surface area (Å²) in [5, 5.41) is 2.80. The first-order valence-corrected chi connectivity index (χ1v) is 7.44. The van der Waals surface area contributed by atoms with E-state index >= 15 is 0 Å². The molecule has 1 aliphatic rings. The van der Waals surface area contributed by atoms with E-state index in [1.807, 2.05) is 0 Å². The van der Waals surface area contributed by atoms with Gasteiger partial charge in [0.2, 0.25) is 5.91 Å². The van der Waals surface area contributed by atoms with E-state index in [1.54, 1.807) is 12.4 Å². The quantitative estimate of drug-likeness (QED) is 0.899. The van der Waals surface area contributed by atoms with Crippen molar-refractivity contribution in [1.82, 2.24) is 15.3 Å². The molecule has 1 aliphatic heterocycles. The summed E-state index contributed by atoms with van der Waals surface area (Å²) >= 11 is 0. The Kier molecular flexibility index (Phi) is 4.31. The maximum absolute atomic E-state index is 13.0. The first-order valence-electron chi connectivity index (χ1n) is 7.44. The smallest absolute Gasteiger partial charge is 0.378 e. The number of ether oxygens (including phenoxy) is 1. The Bertz CT molecular complexity index is 708. The van der Waals surface area contributed by atoms with Crippen LogP contribution in [0.3, 0.4) is 0 Å². The summed E-state index contributed by atoms with van der Waals surface area (Å²) in [6, 6.07) is 5.08. The molecule has 3 rings (SSSR count). The Morgan fingerprint density at radius 1 is 1.38 bits per heavy atom. The number of imidazole rings is 1. The van der Waals surface area contributed by atoms with Crippen molar-refractivity contribution >= 4 is 5.91 Å². The zero-order valence-electron chi connectivity index (χ0n) is 12.7. The molecule has 2 heterocycles. The van der Waals surface area contributed by atoms with Gasteiger partial charge in [-0.05, 0) is 11.6 Å². The number of benzene rings is 1. The second kappa shape index (κ2) is 6.27. The second-order valence-electron chi connectivity index (χ2n) is 5.70. The first kappa shape index (κ1) is 16.5. The van der Waals surface area contributed by atoms with Crippen molar-refractivity contribution in [1.29, 1.82) is 0 Å². The molecule has 1 atom stereocenters. The van der Waals surface area contributed by atoms with E-state index in [0.29, 0.717) is 18.9 Å². The number of carbonyl (C=O) groups excluding carboxylic acids is 1. The highest BCUT2D eigenvalue weighted by Crippen LogP contribution is 2.32. The van der Waals surface area contributed by atoms with E-state index < -0.39 is 23.2 Å². The monoisotopic (exact) mass is 339 g/mol. The third-order valence-electron chi connectivity index (χ3n) is 4.03. The Morgan fingerprint density at radius 3 is 2.79 bits per heavy atom. The van der Waals surface area contributed by atoms with E-state index in [9.17, 15) is 18.0 Å². The lowest BCUT2D eigenvalue weighted by molar-refractivity contribution is -0.138. The third kappa shape index (κ3) is 3.28. The fourth-order valence-corrected chi connectivity index (χ4v) is 2.87. The van der Waals surface area contributed by atoms with Gasteiger partial charge in [-0.1, -0.05) is 18.2 Å². The minimum Gasteiger partial charge on any atom is -0.378 e. The van der Waals surface area contributed by atoms with E-state index in [1.165, 1.54) is 18.2 Å². The molecule has 128 valence electrons. The molecule has 0 bridgehead atoms. The van der Waals surface area contributed by atoms with Crippen LogP contribution in [0.15, 0.2) is 36.7 Å². The molecule has 2 aromatic rings. The molecule has 1 saturated heterocycles. The molecule has 1 aromatic carbocycles. The largest absolute Gasteiger partial charge is 0.416 e. The van der Waals surface area contributed by atoms with E-state index in [0.717, 1.165) is 6.07 Å². The van der Waals surface area contributed by atoms with Gasteiger partial charge in [-0.3, -0.25) is 4.79 Å². The molecule has 8 heteroatoms. The highest BCUT2D eigenvalue weighted by Gasteiger charge is 2.41. The molecule has 5 nitrogen and oxygen atoms in total. The van der Waals surface area contributed by atoms with Crippen LogP contribution in [0, 0.1) is 0 Å². The summed E-state index contributed by atoms with van der Waals surface area (Å²) in [5.74, 6) is 0.0334. The minimum atomic E-state index is -4.49. The molecule has 1 amide bonds. The molecule has 1 fully saturated rings. The van der Waals surface area contributed by atoms with Crippen LogP contribution in [0.25, 0.3) is 0 Å². The summed E-state index contributed by atoms with van der Waals surface area (Å²) in [4.78, 5) is 19.5. The Hall–Kier alpha value is -2.35. The third-order valence-corrected chi connectivity index (χ3v) is 4.03. The predicted molar refractivity (Wildman–Crippen MR) is 79.0 cm³/mol. The fraction of sp³-hybridized carbons (Fsp3) is 0.375. The van der Waals surface area contributed by atoms with Crippen LogP contribution < -0.4 is 5.32 Å². The van der Waals surface area contributed by atoms with Crippen molar-refractivity contribution in [3.05, 3.63) is 53.6 Å². The van der Waals surface area contributed by atoms with Gasteiger partial charge in [-0.15, -0.1) is 0 Å². The van der Waals surface area contributed by atoms with Crippen molar-refractivity contribution in [3.8, 4) is 0 Å². The van der Waals surface area contributed by atoms with Gasteiger partial charge >= 0.3 is 6.18 Å². The summed E-state index contributed by atoms with van der Waals surface area (Å²) in [5.41, 5.74) is -1.68. The van der Waals surface area contributed by atoms with Crippen molar-refractivity contribution in [2.45, 2.75) is 24.6 Å². The van der Waals surface area contributed by atoms with Gasteiger partial charge in [0.15, 0.2) is 0 Å². The Labute approximate surface area is 136 Å². The molecule has 0 radical (unpaired) electrons. The lowest BCUT2D eigenvalue weighted by Crippen LogP contribution is -2.48. The molecule has 0 spiro atoms.